The van der Waals surface area contributed by atoms with Gasteiger partial charge in [-0.15, -0.1) is 7.92 Å². The monoisotopic (exact) mass is 269 g/mol. The minimum Gasteiger partial charge on any atom is -0.107 e. The van der Waals surface area contributed by atoms with Crippen LogP contribution in [-0.4, -0.2) is 26.9 Å². The maximum absolute atomic E-state index is 2.33. The van der Waals surface area contributed by atoms with E-state index in [1.165, 1.54) is 64.2 Å². The van der Waals surface area contributed by atoms with Crippen LogP contribution in [0.15, 0.2) is 0 Å². The summed E-state index contributed by atoms with van der Waals surface area (Å²) in [5, 5.41) is 0. The minimum atomic E-state index is 0. The molecule has 0 saturated carbocycles. The first-order valence-corrected chi connectivity index (χ1v) is 9.97. The zero-order chi connectivity index (χ0) is 12.8. The quantitative estimate of drug-likeness (QED) is 0.217. The van der Waals surface area contributed by atoms with Crippen molar-refractivity contribution < 1.29 is 0 Å². The minimum absolute atomic E-state index is 0. The summed E-state index contributed by atoms with van der Waals surface area (Å²) in [4.78, 5) is 0. The van der Waals surface area contributed by atoms with Crippen molar-refractivity contribution in [2.24, 2.45) is 0 Å². The molecule has 0 heterocycles. The molecule has 0 rings (SSSR count). The second kappa shape index (κ2) is 17.5. The fourth-order valence-corrected chi connectivity index (χ4v) is 5.02. The molecule has 0 spiro atoms. The number of rotatable bonds is 13. The van der Waals surface area contributed by atoms with Crippen LogP contribution >= 0.6 is 7.92 Å². The van der Waals surface area contributed by atoms with Crippen LogP contribution in [0.2, 0.25) is 0 Å². The molecule has 0 aromatic rings. The summed E-state index contributed by atoms with van der Waals surface area (Å²) in [7, 11) is 0.400. The Labute approximate surface area is 120 Å². The lowest BCUT2D eigenvalue weighted by atomic mass is 10.2. The Morgan fingerprint density at radius 1 is 0.500 bits per heavy atom. The van der Waals surface area contributed by atoms with E-state index in [1.54, 1.807) is 18.5 Å². The summed E-state index contributed by atoms with van der Waals surface area (Å²) in [6.07, 6.45) is 19.2. The molecule has 0 aromatic heterocycles. The van der Waals surface area contributed by atoms with Crippen molar-refractivity contribution in [2.45, 2.75) is 85.0 Å². The normalized spacial score (nSPS) is 10.7. The largest absolute Gasteiger partial charge is 0.107 e. The van der Waals surface area contributed by atoms with E-state index in [9.17, 15) is 0 Å². The van der Waals surface area contributed by atoms with Crippen LogP contribution in [0.4, 0.5) is 0 Å². The van der Waals surface area contributed by atoms with Crippen LogP contribution in [0, 0.1) is 0 Å². The number of hydrogen-bond donors (Lipinski definition) is 0. The van der Waals surface area contributed by atoms with Gasteiger partial charge in [-0.25, -0.2) is 0 Å². The number of unbranched alkanes of at least 4 members (excludes halogenated alkanes) is 7. The Kier molecular flexibility index (Phi) is 20.2. The molecule has 0 saturated heterocycles. The Bertz CT molecular complexity index is 127. The Morgan fingerprint density at radius 2 is 0.889 bits per heavy atom. The SMILES string of the molecule is CCCCCCP(CCCC)CCCCCC.[B]. The molecule has 0 aliphatic heterocycles. The van der Waals surface area contributed by atoms with Crippen LogP contribution in [0.3, 0.4) is 0 Å². The molecule has 0 amide bonds. The van der Waals surface area contributed by atoms with Crippen LogP contribution in [0.1, 0.15) is 85.0 Å². The van der Waals surface area contributed by atoms with Crippen molar-refractivity contribution in [3.8, 4) is 0 Å². The Balaban J connectivity index is 0. The summed E-state index contributed by atoms with van der Waals surface area (Å²) in [5.74, 6) is 0. The van der Waals surface area contributed by atoms with E-state index in [1.807, 2.05) is 0 Å². The van der Waals surface area contributed by atoms with Gasteiger partial charge in [-0.2, -0.15) is 0 Å². The van der Waals surface area contributed by atoms with Crippen molar-refractivity contribution in [1.29, 1.82) is 0 Å². The molecule has 3 radical (unpaired) electrons. The molecule has 0 atom stereocenters. The first-order chi connectivity index (χ1) is 8.35. The second-order valence-corrected chi connectivity index (χ2v) is 8.00. The number of hydrogen-bond acceptors (Lipinski definition) is 0. The van der Waals surface area contributed by atoms with Gasteiger partial charge in [-0.05, 0) is 37.7 Å². The zero-order valence-corrected chi connectivity index (χ0v) is 14.1. The third-order valence-electron chi connectivity index (χ3n) is 3.48. The smallest absolute Gasteiger partial charge is 0 e. The van der Waals surface area contributed by atoms with Crippen molar-refractivity contribution in [3.05, 3.63) is 0 Å². The lowest BCUT2D eigenvalue weighted by molar-refractivity contribution is 0.694. The van der Waals surface area contributed by atoms with E-state index in [0.29, 0.717) is 7.92 Å². The molecule has 0 aliphatic carbocycles. The van der Waals surface area contributed by atoms with Gasteiger partial charge in [0.25, 0.3) is 0 Å². The van der Waals surface area contributed by atoms with Crippen LogP contribution in [0.25, 0.3) is 0 Å². The van der Waals surface area contributed by atoms with E-state index in [4.69, 9.17) is 0 Å². The highest BCUT2D eigenvalue weighted by Gasteiger charge is 2.06. The predicted octanol–water partition coefficient (Wildman–Crippen LogP) is 6.05. The van der Waals surface area contributed by atoms with Gasteiger partial charge >= 0.3 is 0 Å². The molecule has 18 heavy (non-hydrogen) atoms. The first-order valence-electron chi connectivity index (χ1n) is 8.07. The fourth-order valence-electron chi connectivity index (χ4n) is 2.24. The molecular weight excluding hydrogens is 234 g/mol. The molecule has 0 bridgehead atoms. The summed E-state index contributed by atoms with van der Waals surface area (Å²) >= 11 is 0. The molecule has 0 nitrogen and oxygen atoms in total. The van der Waals surface area contributed by atoms with Crippen molar-refractivity contribution in [2.75, 3.05) is 18.5 Å². The molecule has 0 N–H and O–H groups in total. The molecule has 0 unspecified atom stereocenters. The van der Waals surface area contributed by atoms with Gasteiger partial charge in [0.2, 0.25) is 0 Å². The molecule has 2 heteroatoms. The van der Waals surface area contributed by atoms with Gasteiger partial charge in [-0.3, -0.25) is 0 Å². The highest BCUT2D eigenvalue weighted by molar-refractivity contribution is 7.57. The first kappa shape index (κ1) is 20.8. The summed E-state index contributed by atoms with van der Waals surface area (Å²) < 4.78 is 0. The topological polar surface area (TPSA) is 0 Å². The highest BCUT2D eigenvalue weighted by atomic mass is 31.1. The van der Waals surface area contributed by atoms with Crippen LogP contribution in [-0.2, 0) is 0 Å². The average molecular weight is 269 g/mol. The summed E-state index contributed by atoms with van der Waals surface area (Å²) in [5.41, 5.74) is 0. The maximum atomic E-state index is 2.33. The highest BCUT2D eigenvalue weighted by Crippen LogP contribution is 2.39. The summed E-state index contributed by atoms with van der Waals surface area (Å²) in [6.45, 7) is 6.96. The maximum Gasteiger partial charge on any atom is 0 e. The van der Waals surface area contributed by atoms with Gasteiger partial charge in [0, 0.05) is 8.41 Å². The predicted molar refractivity (Wildman–Crippen MR) is 90.5 cm³/mol. The lowest BCUT2D eigenvalue weighted by Crippen LogP contribution is -1.96. The lowest BCUT2D eigenvalue weighted by Gasteiger charge is -2.17. The van der Waals surface area contributed by atoms with Gasteiger partial charge < -0.3 is 0 Å². The zero-order valence-electron chi connectivity index (χ0n) is 13.2. The van der Waals surface area contributed by atoms with Gasteiger partial charge in [-0.1, -0.05) is 65.7 Å². The van der Waals surface area contributed by atoms with Gasteiger partial charge in [0.1, 0.15) is 0 Å². The fraction of sp³-hybridized carbons (Fsp3) is 1.00. The van der Waals surface area contributed by atoms with E-state index < -0.39 is 0 Å². The Morgan fingerprint density at radius 3 is 1.28 bits per heavy atom. The molecular formula is C16H35BP. The van der Waals surface area contributed by atoms with Crippen LogP contribution in [0.5, 0.6) is 0 Å². The molecule has 107 valence electrons. The van der Waals surface area contributed by atoms with Gasteiger partial charge in [0.05, 0.1) is 0 Å². The molecule has 0 fully saturated rings. The van der Waals surface area contributed by atoms with E-state index in [2.05, 4.69) is 20.8 Å². The third kappa shape index (κ3) is 14.6. The van der Waals surface area contributed by atoms with Crippen molar-refractivity contribution in [1.82, 2.24) is 0 Å². The Hall–Kier alpha value is 0.495. The van der Waals surface area contributed by atoms with Crippen molar-refractivity contribution >= 4 is 16.3 Å². The van der Waals surface area contributed by atoms with E-state index in [0.717, 1.165) is 0 Å². The third-order valence-corrected chi connectivity index (χ3v) is 6.33. The average Bonchev–Trinajstić information content (AvgIpc) is 2.35. The molecule has 0 aliphatic rings. The van der Waals surface area contributed by atoms with E-state index in [-0.39, 0.29) is 8.41 Å². The van der Waals surface area contributed by atoms with Gasteiger partial charge in [0.15, 0.2) is 0 Å². The standard InChI is InChI=1S/C16H35P.B/c1-4-7-10-12-15-17(14-9-6-3)16-13-11-8-5-2;/h4-16H2,1-3H3;. The van der Waals surface area contributed by atoms with Crippen molar-refractivity contribution in [3.63, 3.8) is 0 Å². The second-order valence-electron chi connectivity index (χ2n) is 5.32. The van der Waals surface area contributed by atoms with Crippen LogP contribution < -0.4 is 0 Å². The summed E-state index contributed by atoms with van der Waals surface area (Å²) in [6, 6.07) is 0. The van der Waals surface area contributed by atoms with E-state index >= 15 is 0 Å². The molecule has 0 aromatic carbocycles.